The molecule has 2 rings (SSSR count). The normalized spacial score (nSPS) is 18.8. The van der Waals surface area contributed by atoms with Crippen LogP contribution in [0.5, 0.6) is 0 Å². The summed E-state index contributed by atoms with van der Waals surface area (Å²) in [5, 5.41) is 16.1. The fourth-order valence-corrected chi connectivity index (χ4v) is 2.22. The van der Waals surface area contributed by atoms with Crippen LogP contribution in [-0.2, 0) is 0 Å². The zero-order valence-corrected chi connectivity index (χ0v) is 12.1. The fourth-order valence-electron chi connectivity index (χ4n) is 2.22. The topological polar surface area (TPSA) is 63.4 Å². The molecule has 1 aliphatic heterocycles. The minimum Gasteiger partial charge on any atom is -0.381 e. The molecule has 1 aromatic rings. The molecule has 0 radical (unpaired) electrons. The van der Waals surface area contributed by atoms with Gasteiger partial charge in [0, 0.05) is 32.4 Å². The molecule has 2 N–H and O–H groups in total. The Hall–Kier alpha value is -2.06. The van der Waals surface area contributed by atoms with Gasteiger partial charge in [-0.05, 0) is 37.6 Å². The van der Waals surface area contributed by atoms with Crippen molar-refractivity contribution >= 4 is 17.7 Å². The van der Waals surface area contributed by atoms with Crippen LogP contribution in [0, 0.1) is 11.3 Å². The molecule has 1 heterocycles. The van der Waals surface area contributed by atoms with Gasteiger partial charge in [-0.15, -0.1) is 0 Å². The molecule has 1 saturated heterocycles. The lowest BCUT2D eigenvalue weighted by molar-refractivity contribution is 0.480. The highest BCUT2D eigenvalue weighted by molar-refractivity contribution is 5.68. The zero-order chi connectivity index (χ0) is 14.4. The molecule has 0 aliphatic carbocycles. The van der Waals surface area contributed by atoms with Crippen LogP contribution in [-0.4, -0.2) is 44.5 Å². The van der Waals surface area contributed by atoms with E-state index in [2.05, 4.69) is 21.7 Å². The maximum absolute atomic E-state index is 9.24. The number of nitriles is 1. The van der Waals surface area contributed by atoms with Gasteiger partial charge in [-0.1, -0.05) is 0 Å². The van der Waals surface area contributed by atoms with Gasteiger partial charge >= 0.3 is 0 Å². The minimum atomic E-state index is 0.436. The van der Waals surface area contributed by atoms with Gasteiger partial charge in [-0.3, -0.25) is 0 Å². The lowest BCUT2D eigenvalue weighted by Crippen LogP contribution is -2.38. The fraction of sp³-hybridized carbons (Fsp3) is 0.467. The Kier molecular flexibility index (Phi) is 4.97. The first-order chi connectivity index (χ1) is 9.69. The summed E-state index contributed by atoms with van der Waals surface area (Å²) in [6.45, 7) is 2.07. The number of nitrogens with zero attached hydrogens (tertiary/aromatic N) is 3. The summed E-state index contributed by atoms with van der Waals surface area (Å²) in [5.41, 5.74) is 2.28. The monoisotopic (exact) mass is 271 g/mol. The minimum absolute atomic E-state index is 0.436. The van der Waals surface area contributed by atoms with Crippen molar-refractivity contribution in [1.29, 1.82) is 5.26 Å². The van der Waals surface area contributed by atoms with Crippen LogP contribution in [0.2, 0.25) is 0 Å². The second-order valence-corrected chi connectivity index (χ2v) is 5.24. The summed E-state index contributed by atoms with van der Waals surface area (Å²) in [5.74, 6) is 0. The second kappa shape index (κ2) is 6.92. The largest absolute Gasteiger partial charge is 0.381 e. The first kappa shape index (κ1) is 14.4. The molecule has 0 unspecified atom stereocenters. The second-order valence-electron chi connectivity index (χ2n) is 5.24. The highest BCUT2D eigenvalue weighted by atomic mass is 15.1. The predicted molar refractivity (Wildman–Crippen MR) is 82.5 cm³/mol. The average Bonchev–Trinajstić information content (AvgIpc) is 2.46. The summed E-state index contributed by atoms with van der Waals surface area (Å²) in [6, 6.07) is 8.39. The van der Waals surface area contributed by atoms with Gasteiger partial charge in [0.25, 0.3) is 0 Å². The quantitative estimate of drug-likeness (QED) is 0.649. The molecule has 1 aliphatic rings. The van der Waals surface area contributed by atoms with Crippen LogP contribution in [0.15, 0.2) is 23.2 Å². The number of piperidine rings is 1. The summed E-state index contributed by atoms with van der Waals surface area (Å²) < 4.78 is 0. The Morgan fingerprint density at radius 2 is 2.35 bits per heavy atom. The molecular weight excluding hydrogens is 250 g/mol. The Bertz CT molecular complexity index is 509. The van der Waals surface area contributed by atoms with E-state index in [-0.39, 0.29) is 0 Å². The lowest BCUT2D eigenvalue weighted by Gasteiger charge is -2.24. The van der Waals surface area contributed by atoms with Gasteiger partial charge in [0.1, 0.15) is 6.07 Å². The van der Waals surface area contributed by atoms with E-state index in [0.717, 1.165) is 25.2 Å². The van der Waals surface area contributed by atoms with Crippen LogP contribution >= 0.6 is 0 Å². The predicted octanol–water partition coefficient (Wildman–Crippen LogP) is 1.94. The van der Waals surface area contributed by atoms with E-state index in [1.165, 1.54) is 6.42 Å². The van der Waals surface area contributed by atoms with Crippen molar-refractivity contribution in [2.75, 3.05) is 32.5 Å². The zero-order valence-electron chi connectivity index (χ0n) is 12.1. The van der Waals surface area contributed by atoms with Crippen molar-refractivity contribution in [2.45, 2.75) is 18.9 Å². The van der Waals surface area contributed by atoms with E-state index in [1.54, 1.807) is 6.34 Å². The average molecular weight is 271 g/mol. The molecule has 0 spiro atoms. The molecule has 5 nitrogen and oxygen atoms in total. The summed E-state index contributed by atoms with van der Waals surface area (Å²) in [4.78, 5) is 6.15. The van der Waals surface area contributed by atoms with Crippen molar-refractivity contribution in [3.8, 4) is 6.07 Å². The number of anilines is 1. The van der Waals surface area contributed by atoms with Crippen molar-refractivity contribution in [1.82, 2.24) is 10.2 Å². The third-order valence-corrected chi connectivity index (χ3v) is 3.21. The Morgan fingerprint density at radius 3 is 3.00 bits per heavy atom. The van der Waals surface area contributed by atoms with E-state index in [9.17, 15) is 5.26 Å². The lowest BCUT2D eigenvalue weighted by atomic mass is 10.1. The molecule has 0 amide bonds. The molecular formula is C15H21N5. The van der Waals surface area contributed by atoms with Gasteiger partial charge in [-0.25, -0.2) is 4.99 Å². The van der Waals surface area contributed by atoms with Gasteiger partial charge in [0.2, 0.25) is 0 Å². The molecule has 1 aromatic carbocycles. The van der Waals surface area contributed by atoms with Crippen LogP contribution < -0.4 is 10.6 Å². The molecule has 1 atom stereocenters. The van der Waals surface area contributed by atoms with Crippen LogP contribution in [0.1, 0.15) is 18.4 Å². The first-order valence-electron chi connectivity index (χ1n) is 6.91. The maximum atomic E-state index is 9.24. The van der Waals surface area contributed by atoms with Gasteiger partial charge in [0.05, 0.1) is 17.6 Å². The molecule has 20 heavy (non-hydrogen) atoms. The first-order valence-corrected chi connectivity index (χ1v) is 6.91. The van der Waals surface area contributed by atoms with Gasteiger partial charge in [-0.2, -0.15) is 5.26 Å². The van der Waals surface area contributed by atoms with Crippen LogP contribution in [0.4, 0.5) is 11.4 Å². The van der Waals surface area contributed by atoms with E-state index in [1.807, 2.05) is 37.2 Å². The number of rotatable bonds is 4. The Morgan fingerprint density at radius 1 is 1.50 bits per heavy atom. The van der Waals surface area contributed by atoms with E-state index in [4.69, 9.17) is 0 Å². The van der Waals surface area contributed by atoms with Crippen molar-refractivity contribution in [3.05, 3.63) is 23.8 Å². The SMILES string of the molecule is CN(C)/C=N/c1ccc(N[C@@H]2CCCNC2)cc1C#N. The van der Waals surface area contributed by atoms with Gasteiger partial charge in [0.15, 0.2) is 0 Å². The highest BCUT2D eigenvalue weighted by Crippen LogP contribution is 2.23. The van der Waals surface area contributed by atoms with E-state index < -0.39 is 0 Å². The van der Waals surface area contributed by atoms with Gasteiger partial charge < -0.3 is 15.5 Å². The van der Waals surface area contributed by atoms with E-state index in [0.29, 0.717) is 17.3 Å². The van der Waals surface area contributed by atoms with Crippen LogP contribution in [0.25, 0.3) is 0 Å². The summed E-state index contributed by atoms with van der Waals surface area (Å²) >= 11 is 0. The van der Waals surface area contributed by atoms with Crippen LogP contribution in [0.3, 0.4) is 0 Å². The number of nitrogens with one attached hydrogen (secondary N) is 2. The number of aliphatic imine (C=N–C) groups is 1. The Balaban J connectivity index is 2.10. The summed E-state index contributed by atoms with van der Waals surface area (Å²) in [6.07, 6.45) is 4.05. The molecule has 0 bridgehead atoms. The standard InChI is InChI=1S/C15H21N5/c1-20(2)11-18-15-6-5-13(8-12(15)9-16)19-14-4-3-7-17-10-14/h5-6,8,11,14,17,19H,3-4,7,10H2,1-2H3/b18-11+/t14-/m1/s1. The number of hydrogen-bond acceptors (Lipinski definition) is 4. The van der Waals surface area contributed by atoms with E-state index >= 15 is 0 Å². The Labute approximate surface area is 120 Å². The molecule has 106 valence electrons. The number of hydrogen-bond donors (Lipinski definition) is 2. The maximum Gasteiger partial charge on any atom is 0.101 e. The molecule has 0 aromatic heterocycles. The highest BCUT2D eigenvalue weighted by Gasteiger charge is 2.13. The smallest absolute Gasteiger partial charge is 0.101 e. The van der Waals surface area contributed by atoms with Crippen molar-refractivity contribution in [3.63, 3.8) is 0 Å². The third kappa shape index (κ3) is 3.97. The number of benzene rings is 1. The third-order valence-electron chi connectivity index (χ3n) is 3.21. The summed E-state index contributed by atoms with van der Waals surface area (Å²) in [7, 11) is 3.81. The molecule has 0 saturated carbocycles. The molecule has 5 heteroatoms. The molecule has 1 fully saturated rings. The van der Waals surface area contributed by atoms with Crippen molar-refractivity contribution < 1.29 is 0 Å². The van der Waals surface area contributed by atoms with Crippen molar-refractivity contribution in [2.24, 2.45) is 4.99 Å².